The Morgan fingerprint density at radius 3 is 1.66 bits per heavy atom. The van der Waals surface area contributed by atoms with Gasteiger partial charge in [-0.3, -0.25) is 9.59 Å². The Morgan fingerprint density at radius 2 is 1.18 bits per heavy atom. The van der Waals surface area contributed by atoms with E-state index >= 15 is 0 Å². The summed E-state index contributed by atoms with van der Waals surface area (Å²) in [6.45, 7) is 2.52. The number of primary amides is 2. The van der Waals surface area contributed by atoms with E-state index in [0.717, 1.165) is 37.4 Å². The van der Waals surface area contributed by atoms with Gasteiger partial charge in [-0.1, -0.05) is 18.2 Å². The predicted octanol–water partition coefficient (Wildman–Crippen LogP) is 1.95. The van der Waals surface area contributed by atoms with Gasteiger partial charge in [-0.15, -0.1) is 0 Å². The second-order valence-electron chi connectivity index (χ2n) is 14.8. The molecule has 4 atom stereocenters. The van der Waals surface area contributed by atoms with Gasteiger partial charge in [0.1, 0.15) is 0 Å². The van der Waals surface area contributed by atoms with Crippen LogP contribution in [0.1, 0.15) is 34.6 Å². The lowest BCUT2D eigenvalue weighted by Crippen LogP contribution is -2.35. The van der Waals surface area contributed by atoms with Gasteiger partial charge >= 0.3 is 7.12 Å². The first-order chi connectivity index (χ1) is 29.5. The molecule has 0 spiro atoms. The number of nitrogens with two attached hydrogens (primary N) is 2. The van der Waals surface area contributed by atoms with Gasteiger partial charge in [-0.05, 0) is 88.7 Å². The van der Waals surface area contributed by atoms with Crippen molar-refractivity contribution in [3.63, 3.8) is 0 Å². The van der Waals surface area contributed by atoms with E-state index < -0.39 is 43.2 Å². The quantitative estimate of drug-likeness (QED) is 0.0789. The van der Waals surface area contributed by atoms with Crippen LogP contribution in [0.4, 0.5) is 11.4 Å². The number of benzene rings is 2. The lowest BCUT2D eigenvalue weighted by molar-refractivity contribution is 0.0991. The fourth-order valence-corrected chi connectivity index (χ4v) is 7.26. The van der Waals surface area contributed by atoms with Crippen LogP contribution in [0.3, 0.4) is 0 Å². The van der Waals surface area contributed by atoms with Crippen LogP contribution < -0.4 is 27.6 Å². The summed E-state index contributed by atoms with van der Waals surface area (Å²) < 4.78 is 8.05. The standard InChI is InChI=1S/C21H23N5O3.C12H15BrN4O3.C9H10BNO2/c1-12(28)17(11-27)24-20-16(21(22)29)9-23-26-10-15(8-19(20)26)13-3-4-18-14(7-13)5-6-25(18)2;1-6(19)9(5-18)16-11-8(12(14)20)3-15-17-4-7(13)2-10(11)17;1-11-5-4-7-6-8(10(12)13)2-3-9(7)11/h3-10,12,17,24,27-28H,11H2,1-2H3,(H2,22,29);2-4,6,9,16,18-19H,5H2,1H3,(H2,14,20);2-6,12-13H,1H3/t12-,17-;6-,9-;/m11./s1. The third-order valence-electron chi connectivity index (χ3n) is 10.4. The van der Waals surface area contributed by atoms with Crippen molar-refractivity contribution in [3.8, 4) is 11.1 Å². The number of aliphatic hydroxyl groups is 4. The average Bonchev–Trinajstić information content (AvgIpc) is 4.03. The topological polar surface area (TPSA) is 276 Å². The molecule has 8 rings (SSSR count). The van der Waals surface area contributed by atoms with Gasteiger partial charge in [0.2, 0.25) is 0 Å². The Hall–Kier alpha value is -6.26. The molecule has 0 unspecified atom stereocenters. The second kappa shape index (κ2) is 19.2. The van der Waals surface area contributed by atoms with Crippen LogP contribution in [0.15, 0.2) is 102 Å². The molecule has 62 heavy (non-hydrogen) atoms. The molecule has 0 aliphatic carbocycles. The van der Waals surface area contributed by atoms with E-state index in [9.17, 15) is 30.0 Å². The molecule has 0 bridgehead atoms. The third-order valence-corrected chi connectivity index (χ3v) is 10.8. The largest absolute Gasteiger partial charge is 0.488 e. The van der Waals surface area contributed by atoms with Crippen LogP contribution in [0.2, 0.25) is 0 Å². The summed E-state index contributed by atoms with van der Waals surface area (Å²) in [4.78, 5) is 23.4. The number of fused-ring (bicyclic) bond motifs is 4. The Balaban J connectivity index is 0.000000168. The summed E-state index contributed by atoms with van der Waals surface area (Å²) >= 11 is 3.33. The predicted molar refractivity (Wildman–Crippen MR) is 242 cm³/mol. The zero-order valence-corrected chi connectivity index (χ0v) is 35.8. The molecule has 324 valence electrons. The summed E-state index contributed by atoms with van der Waals surface area (Å²) in [5.74, 6) is -1.28. The van der Waals surface area contributed by atoms with E-state index in [1.165, 1.54) is 12.4 Å². The van der Waals surface area contributed by atoms with E-state index in [-0.39, 0.29) is 24.3 Å². The lowest BCUT2D eigenvalue weighted by Gasteiger charge is -2.22. The van der Waals surface area contributed by atoms with E-state index in [2.05, 4.69) is 59.5 Å². The molecule has 2 aromatic carbocycles. The average molecular weight is 912 g/mol. The van der Waals surface area contributed by atoms with Gasteiger partial charge in [0.05, 0.1) is 83.4 Å². The highest BCUT2D eigenvalue weighted by atomic mass is 79.9. The second-order valence-corrected chi connectivity index (χ2v) is 15.7. The smallest absolute Gasteiger partial charge is 0.423 e. The van der Waals surface area contributed by atoms with Gasteiger partial charge in [0, 0.05) is 65.3 Å². The van der Waals surface area contributed by atoms with Crippen LogP contribution in [-0.4, -0.2) is 115 Å². The number of nitrogens with zero attached hydrogens (tertiary/aromatic N) is 6. The summed E-state index contributed by atoms with van der Waals surface area (Å²) in [5.41, 5.74) is 18.0. The number of carbonyl (C=O) groups excluding carboxylic acids is 2. The van der Waals surface area contributed by atoms with Crippen molar-refractivity contribution in [1.82, 2.24) is 28.4 Å². The molecule has 0 radical (unpaired) electrons. The number of aryl methyl sites for hydroxylation is 2. The minimum Gasteiger partial charge on any atom is -0.423 e. The maximum absolute atomic E-state index is 11.9. The maximum atomic E-state index is 11.9. The van der Waals surface area contributed by atoms with Crippen LogP contribution in [0.5, 0.6) is 0 Å². The molecule has 0 aliphatic rings. The SMILES string of the molecule is C[C@@H](O)[C@@H](CO)Nc1c(C(N)=O)cnn2cc(-c3ccc4c(ccn4C)c3)cc12.C[C@@H](O)[C@@H](CO)Nc1c(C(N)=O)cnn2cc(Br)cc12.Cn1ccc2cc(B(O)O)ccc21. The van der Waals surface area contributed by atoms with Crippen molar-refractivity contribution >= 4 is 84.5 Å². The van der Waals surface area contributed by atoms with E-state index in [4.69, 9.17) is 21.5 Å². The number of nitrogens with one attached hydrogen (secondary N) is 2. The molecule has 6 heterocycles. The molecule has 2 amide bonds. The number of aliphatic hydroxyl groups excluding tert-OH is 4. The third kappa shape index (κ3) is 9.76. The summed E-state index contributed by atoms with van der Waals surface area (Å²) in [6, 6.07) is 18.0. The van der Waals surface area contributed by atoms with E-state index in [0.29, 0.717) is 27.9 Å². The number of rotatable bonds is 12. The van der Waals surface area contributed by atoms with Crippen molar-refractivity contribution in [2.45, 2.75) is 38.1 Å². The molecule has 8 aromatic rings. The highest BCUT2D eigenvalue weighted by Gasteiger charge is 2.22. The molecule has 6 aromatic heterocycles. The Morgan fingerprint density at radius 1 is 0.694 bits per heavy atom. The van der Waals surface area contributed by atoms with Gasteiger partial charge in [-0.2, -0.15) is 10.2 Å². The molecule has 0 saturated carbocycles. The first-order valence-electron chi connectivity index (χ1n) is 19.4. The van der Waals surface area contributed by atoms with Crippen LogP contribution in [0.25, 0.3) is 44.0 Å². The number of anilines is 2. The molecular formula is C42H48BBrN10O8. The number of hydrogen-bond acceptors (Lipinski definition) is 12. The van der Waals surface area contributed by atoms with Gasteiger partial charge in [0.15, 0.2) is 0 Å². The number of aromatic nitrogens is 6. The van der Waals surface area contributed by atoms with Gasteiger partial charge in [-0.25, -0.2) is 9.03 Å². The summed E-state index contributed by atoms with van der Waals surface area (Å²) in [6.07, 6.45) is 8.65. The van der Waals surface area contributed by atoms with Crippen LogP contribution >= 0.6 is 15.9 Å². The van der Waals surface area contributed by atoms with Crippen LogP contribution in [-0.2, 0) is 14.1 Å². The molecular weight excluding hydrogens is 863 g/mol. The molecule has 0 fully saturated rings. The van der Waals surface area contributed by atoms with Gasteiger partial charge in [0.25, 0.3) is 11.8 Å². The summed E-state index contributed by atoms with van der Waals surface area (Å²) in [5, 5.41) is 72.8. The fraction of sp³-hybridized carbons (Fsp3) is 0.238. The Bertz CT molecular complexity index is 2870. The molecule has 20 heteroatoms. The first kappa shape index (κ1) is 45.3. The number of halogens is 1. The highest BCUT2D eigenvalue weighted by Crippen LogP contribution is 2.31. The highest BCUT2D eigenvalue weighted by molar-refractivity contribution is 9.10. The zero-order valence-electron chi connectivity index (χ0n) is 34.3. The summed E-state index contributed by atoms with van der Waals surface area (Å²) in [7, 11) is 2.57. The fourth-order valence-electron chi connectivity index (χ4n) is 6.85. The molecule has 0 aliphatic heterocycles. The lowest BCUT2D eigenvalue weighted by atomic mass is 9.80. The molecule has 18 nitrogen and oxygen atoms in total. The Kier molecular flexibility index (Phi) is 14.0. The number of carbonyl (C=O) groups is 2. The maximum Gasteiger partial charge on any atom is 0.488 e. The van der Waals surface area contributed by atoms with E-state index in [1.54, 1.807) is 47.3 Å². The van der Waals surface area contributed by atoms with Crippen molar-refractivity contribution in [1.29, 1.82) is 0 Å². The molecule has 12 N–H and O–H groups in total. The monoisotopic (exact) mass is 910 g/mol. The number of hydrogen-bond donors (Lipinski definition) is 10. The molecule has 0 saturated heterocycles. The van der Waals surface area contributed by atoms with Crippen molar-refractivity contribution in [2.24, 2.45) is 25.6 Å². The van der Waals surface area contributed by atoms with Crippen molar-refractivity contribution < 1.29 is 40.1 Å². The number of amides is 2. The zero-order chi connectivity index (χ0) is 45.0. The Labute approximate surface area is 363 Å². The van der Waals surface area contributed by atoms with Crippen LogP contribution in [0, 0.1) is 0 Å². The minimum absolute atomic E-state index is 0.194. The minimum atomic E-state index is -1.38. The van der Waals surface area contributed by atoms with Crippen molar-refractivity contribution in [2.75, 3.05) is 23.8 Å². The van der Waals surface area contributed by atoms with Crippen molar-refractivity contribution in [3.05, 3.63) is 113 Å². The first-order valence-corrected chi connectivity index (χ1v) is 20.2. The normalized spacial score (nSPS) is 13.2. The van der Waals surface area contributed by atoms with Gasteiger partial charge < -0.3 is 61.7 Å². The van der Waals surface area contributed by atoms with E-state index in [1.807, 2.05) is 61.5 Å².